The quantitative estimate of drug-likeness (QED) is 0.849. The Hall–Kier alpha value is -1.11. The van der Waals surface area contributed by atoms with Crippen LogP contribution in [0.25, 0.3) is 0 Å². The van der Waals surface area contributed by atoms with Gasteiger partial charge in [-0.2, -0.15) is 5.10 Å². The molecule has 2 heterocycles. The normalized spacial score (nSPS) is 18.7. The standard InChI is InChI=1S/C12H20N4O2.ClH/c1-2-3-7-16-11(4-5-14-16)15-12(17)10-9-13-6-8-18-10;/h4-5,10,13H,2-3,6-9H2,1H3,(H,15,17);1H. The lowest BCUT2D eigenvalue weighted by atomic mass is 10.3. The van der Waals surface area contributed by atoms with Crippen LogP contribution in [0.3, 0.4) is 0 Å². The van der Waals surface area contributed by atoms with Crippen molar-refractivity contribution in [3.8, 4) is 0 Å². The number of aryl methyl sites for hydroxylation is 1. The summed E-state index contributed by atoms with van der Waals surface area (Å²) in [6, 6.07) is 1.81. The van der Waals surface area contributed by atoms with E-state index < -0.39 is 6.10 Å². The molecular weight excluding hydrogens is 268 g/mol. The SMILES string of the molecule is CCCCn1nccc1NC(=O)C1CNCCO1.Cl. The summed E-state index contributed by atoms with van der Waals surface area (Å²) in [5.74, 6) is 0.628. The van der Waals surface area contributed by atoms with Crippen LogP contribution < -0.4 is 10.6 Å². The van der Waals surface area contributed by atoms with Gasteiger partial charge in [-0.25, -0.2) is 4.68 Å². The van der Waals surface area contributed by atoms with Crippen molar-refractivity contribution in [3.05, 3.63) is 12.3 Å². The zero-order chi connectivity index (χ0) is 12.8. The highest BCUT2D eigenvalue weighted by Gasteiger charge is 2.22. The van der Waals surface area contributed by atoms with Gasteiger partial charge in [0.15, 0.2) is 0 Å². The van der Waals surface area contributed by atoms with Crippen LogP contribution in [0, 0.1) is 0 Å². The van der Waals surface area contributed by atoms with E-state index in [0.29, 0.717) is 13.2 Å². The molecule has 2 rings (SSSR count). The Bertz CT molecular complexity index is 391. The summed E-state index contributed by atoms with van der Waals surface area (Å²) < 4.78 is 7.22. The monoisotopic (exact) mass is 288 g/mol. The van der Waals surface area contributed by atoms with E-state index in [1.165, 1.54) is 0 Å². The Morgan fingerprint density at radius 1 is 1.68 bits per heavy atom. The number of rotatable bonds is 5. The second-order valence-electron chi connectivity index (χ2n) is 4.35. The second kappa shape index (κ2) is 8.14. The summed E-state index contributed by atoms with van der Waals surface area (Å²) in [7, 11) is 0. The van der Waals surface area contributed by atoms with Crippen LogP contribution in [-0.2, 0) is 16.1 Å². The van der Waals surface area contributed by atoms with Crippen LogP contribution in [0.2, 0.25) is 0 Å². The highest BCUT2D eigenvalue weighted by molar-refractivity contribution is 5.93. The lowest BCUT2D eigenvalue weighted by Gasteiger charge is -2.22. The van der Waals surface area contributed by atoms with Crippen molar-refractivity contribution in [1.82, 2.24) is 15.1 Å². The third kappa shape index (κ3) is 4.49. The maximum Gasteiger partial charge on any atom is 0.255 e. The van der Waals surface area contributed by atoms with Gasteiger partial charge in [0.05, 0.1) is 12.8 Å². The molecule has 0 bridgehead atoms. The third-order valence-electron chi connectivity index (χ3n) is 2.91. The zero-order valence-corrected chi connectivity index (χ0v) is 11.9. The van der Waals surface area contributed by atoms with Crippen LogP contribution >= 0.6 is 12.4 Å². The molecule has 0 spiro atoms. The molecule has 1 saturated heterocycles. The number of amides is 1. The molecule has 6 nitrogen and oxygen atoms in total. The van der Waals surface area contributed by atoms with E-state index in [1.54, 1.807) is 6.20 Å². The van der Waals surface area contributed by atoms with Crippen molar-refractivity contribution >= 4 is 24.1 Å². The molecule has 1 amide bonds. The number of anilines is 1. The highest BCUT2D eigenvalue weighted by atomic mass is 35.5. The van der Waals surface area contributed by atoms with E-state index in [2.05, 4.69) is 22.7 Å². The van der Waals surface area contributed by atoms with Gasteiger partial charge in [0.1, 0.15) is 11.9 Å². The van der Waals surface area contributed by atoms with Crippen LogP contribution in [0.4, 0.5) is 5.82 Å². The third-order valence-corrected chi connectivity index (χ3v) is 2.91. The first-order chi connectivity index (χ1) is 8.81. The van der Waals surface area contributed by atoms with Gasteiger partial charge in [0.25, 0.3) is 5.91 Å². The fourth-order valence-corrected chi connectivity index (χ4v) is 1.87. The summed E-state index contributed by atoms with van der Waals surface area (Å²) in [5.41, 5.74) is 0. The first-order valence-corrected chi connectivity index (χ1v) is 6.46. The van der Waals surface area contributed by atoms with Gasteiger partial charge in [0, 0.05) is 25.7 Å². The van der Waals surface area contributed by atoms with Crippen LogP contribution in [0.1, 0.15) is 19.8 Å². The lowest BCUT2D eigenvalue weighted by molar-refractivity contribution is -0.128. The van der Waals surface area contributed by atoms with E-state index in [0.717, 1.165) is 31.7 Å². The number of ether oxygens (including phenoxy) is 1. The molecule has 19 heavy (non-hydrogen) atoms. The Morgan fingerprint density at radius 2 is 2.53 bits per heavy atom. The molecule has 1 fully saturated rings. The molecule has 1 aromatic rings. The molecule has 1 unspecified atom stereocenters. The molecule has 1 aliphatic rings. The average molecular weight is 289 g/mol. The number of halogens is 1. The largest absolute Gasteiger partial charge is 0.366 e. The van der Waals surface area contributed by atoms with Gasteiger partial charge in [-0.05, 0) is 6.42 Å². The Balaban J connectivity index is 0.00000180. The molecule has 7 heteroatoms. The van der Waals surface area contributed by atoms with Crippen molar-refractivity contribution in [1.29, 1.82) is 0 Å². The number of nitrogens with one attached hydrogen (secondary N) is 2. The number of morpholine rings is 1. The Labute approximate surface area is 119 Å². The number of hydrogen-bond acceptors (Lipinski definition) is 4. The van der Waals surface area contributed by atoms with Gasteiger partial charge < -0.3 is 15.4 Å². The van der Waals surface area contributed by atoms with E-state index in [1.807, 2.05) is 10.7 Å². The maximum absolute atomic E-state index is 12.0. The van der Waals surface area contributed by atoms with Crippen LogP contribution in [0.15, 0.2) is 12.3 Å². The first kappa shape index (κ1) is 15.9. The topological polar surface area (TPSA) is 68.2 Å². The number of nitrogens with zero attached hydrogens (tertiary/aromatic N) is 2. The summed E-state index contributed by atoms with van der Waals surface area (Å²) >= 11 is 0. The zero-order valence-electron chi connectivity index (χ0n) is 11.1. The lowest BCUT2D eigenvalue weighted by Crippen LogP contribution is -2.45. The summed E-state index contributed by atoms with van der Waals surface area (Å²) in [5, 5.41) is 10.2. The molecular formula is C12H21ClN4O2. The van der Waals surface area contributed by atoms with Gasteiger partial charge in [0.2, 0.25) is 0 Å². The number of hydrogen-bond donors (Lipinski definition) is 2. The molecule has 1 aliphatic heterocycles. The van der Waals surface area contributed by atoms with Gasteiger partial charge in [-0.1, -0.05) is 13.3 Å². The van der Waals surface area contributed by atoms with Crippen molar-refractivity contribution in [2.75, 3.05) is 25.0 Å². The number of unbranched alkanes of at least 4 members (excludes halogenated alkanes) is 1. The number of carbonyl (C=O) groups is 1. The predicted molar refractivity (Wildman–Crippen MR) is 75.6 cm³/mol. The molecule has 1 aromatic heterocycles. The minimum Gasteiger partial charge on any atom is -0.366 e. The van der Waals surface area contributed by atoms with Crippen molar-refractivity contribution < 1.29 is 9.53 Å². The number of carbonyl (C=O) groups excluding carboxylic acids is 1. The fraction of sp³-hybridized carbons (Fsp3) is 0.667. The molecule has 108 valence electrons. The molecule has 0 aromatic carbocycles. The van der Waals surface area contributed by atoms with Crippen LogP contribution in [-0.4, -0.2) is 41.5 Å². The van der Waals surface area contributed by atoms with E-state index in [4.69, 9.17) is 4.74 Å². The van der Waals surface area contributed by atoms with Gasteiger partial charge >= 0.3 is 0 Å². The van der Waals surface area contributed by atoms with E-state index >= 15 is 0 Å². The molecule has 2 N–H and O–H groups in total. The predicted octanol–water partition coefficient (Wildman–Crippen LogP) is 1.03. The van der Waals surface area contributed by atoms with E-state index in [-0.39, 0.29) is 18.3 Å². The van der Waals surface area contributed by atoms with Gasteiger partial charge in [-0.3, -0.25) is 4.79 Å². The average Bonchev–Trinajstić information content (AvgIpc) is 2.84. The second-order valence-corrected chi connectivity index (χ2v) is 4.35. The molecule has 0 saturated carbocycles. The van der Waals surface area contributed by atoms with Crippen molar-refractivity contribution in [2.45, 2.75) is 32.4 Å². The minimum atomic E-state index is -0.409. The molecule has 0 aliphatic carbocycles. The van der Waals surface area contributed by atoms with Crippen LogP contribution in [0.5, 0.6) is 0 Å². The van der Waals surface area contributed by atoms with Crippen molar-refractivity contribution in [3.63, 3.8) is 0 Å². The fourth-order valence-electron chi connectivity index (χ4n) is 1.87. The minimum absolute atomic E-state index is 0. The summed E-state index contributed by atoms with van der Waals surface area (Å²) in [4.78, 5) is 12.0. The smallest absolute Gasteiger partial charge is 0.255 e. The van der Waals surface area contributed by atoms with Crippen molar-refractivity contribution in [2.24, 2.45) is 0 Å². The molecule has 0 radical (unpaired) electrons. The summed E-state index contributed by atoms with van der Waals surface area (Å²) in [6.07, 6.45) is 3.44. The Kier molecular flexibility index (Phi) is 6.83. The highest BCUT2D eigenvalue weighted by Crippen LogP contribution is 2.09. The number of aromatic nitrogens is 2. The Morgan fingerprint density at radius 3 is 3.21 bits per heavy atom. The molecule has 1 atom stereocenters. The summed E-state index contributed by atoms with van der Waals surface area (Å²) in [6.45, 7) is 4.90. The first-order valence-electron chi connectivity index (χ1n) is 6.46. The van der Waals surface area contributed by atoms with Gasteiger partial charge in [-0.15, -0.1) is 12.4 Å². The van der Waals surface area contributed by atoms with E-state index in [9.17, 15) is 4.79 Å². The maximum atomic E-state index is 12.0.